The molecule has 0 saturated carbocycles. The number of hydrogen-bond acceptors (Lipinski definition) is 16. The summed E-state index contributed by atoms with van der Waals surface area (Å²) in [5, 5.41) is 0. The van der Waals surface area contributed by atoms with Gasteiger partial charge in [-0.25, -0.2) is 29.1 Å². The van der Waals surface area contributed by atoms with Gasteiger partial charge in [-0.05, 0) is 0 Å². The fourth-order valence-corrected chi connectivity index (χ4v) is 7.16. The van der Waals surface area contributed by atoms with Gasteiger partial charge in [0.25, 0.3) is 5.56 Å². The van der Waals surface area contributed by atoms with E-state index in [2.05, 4.69) is 29.9 Å². The van der Waals surface area contributed by atoms with E-state index in [1.54, 1.807) is 0 Å². The first kappa shape index (κ1) is 28.4. The van der Waals surface area contributed by atoms with Crippen molar-refractivity contribution in [3.05, 3.63) is 29.3 Å². The SMILES string of the molecule is Nc1nc2c(ncn2[C@@H]2O[C@@H]3COP(=O)(O)O[C@H]4C[C@H](n5cnc6c(N)ncnc65)O[C@@H]4COP(=O)(O)O[C@@H]2C3)c(=O)[nH]1. The molecule has 230 valence electrons. The molecule has 0 aromatic carbocycles. The molecule has 23 heteroatoms. The van der Waals surface area contributed by atoms with E-state index in [0.717, 1.165) is 0 Å². The molecule has 0 amide bonds. The van der Waals surface area contributed by atoms with Crippen LogP contribution in [0.4, 0.5) is 11.8 Å². The Kier molecular flexibility index (Phi) is 6.86. The van der Waals surface area contributed by atoms with E-state index in [9.17, 15) is 23.7 Å². The number of ether oxygens (including phenoxy) is 2. The van der Waals surface area contributed by atoms with Crippen molar-refractivity contribution in [2.24, 2.45) is 0 Å². The molecular weight excluding hydrogens is 618 g/mol. The van der Waals surface area contributed by atoms with Gasteiger partial charge in [-0.2, -0.15) is 4.98 Å². The van der Waals surface area contributed by atoms with Gasteiger partial charge in [0.05, 0.1) is 32.0 Å². The summed E-state index contributed by atoms with van der Waals surface area (Å²) in [6.07, 6.45) is -2.62. The molecule has 3 aliphatic heterocycles. The lowest BCUT2D eigenvalue weighted by Gasteiger charge is -2.25. The van der Waals surface area contributed by atoms with Gasteiger partial charge < -0.3 is 30.7 Å². The summed E-state index contributed by atoms with van der Waals surface area (Å²) in [5.41, 5.74) is 11.5. The van der Waals surface area contributed by atoms with Crippen molar-refractivity contribution in [1.29, 1.82) is 0 Å². The van der Waals surface area contributed by atoms with E-state index < -0.39 is 71.3 Å². The smallest absolute Gasteiger partial charge is 0.382 e. The fourth-order valence-electron chi connectivity index (χ4n) is 5.25. The van der Waals surface area contributed by atoms with E-state index in [1.165, 1.54) is 28.1 Å². The van der Waals surface area contributed by atoms with Crippen LogP contribution < -0.4 is 17.0 Å². The first-order valence-electron chi connectivity index (χ1n) is 12.7. The zero-order valence-electron chi connectivity index (χ0n) is 21.8. The molecule has 7 N–H and O–H groups in total. The average Bonchev–Trinajstić information content (AvgIpc) is 3.71. The third-order valence-corrected chi connectivity index (χ3v) is 9.14. The Balaban J connectivity index is 1.17. The number of anilines is 2. The summed E-state index contributed by atoms with van der Waals surface area (Å²) in [7, 11) is -9.54. The predicted molar refractivity (Wildman–Crippen MR) is 141 cm³/mol. The second-order valence-electron chi connectivity index (χ2n) is 9.92. The Morgan fingerprint density at radius 3 is 2.40 bits per heavy atom. The lowest BCUT2D eigenvalue weighted by Crippen LogP contribution is -2.29. The van der Waals surface area contributed by atoms with E-state index in [0.29, 0.717) is 11.2 Å². The van der Waals surface area contributed by atoms with Gasteiger partial charge in [-0.1, -0.05) is 0 Å². The van der Waals surface area contributed by atoms with Gasteiger partial charge in [-0.3, -0.25) is 37.0 Å². The maximum atomic E-state index is 13.1. The first-order valence-corrected chi connectivity index (χ1v) is 15.7. The quantitative estimate of drug-likeness (QED) is 0.176. The summed E-state index contributed by atoms with van der Waals surface area (Å²) in [6.45, 7) is -1.05. The van der Waals surface area contributed by atoms with Gasteiger partial charge in [-0.15, -0.1) is 0 Å². The van der Waals surface area contributed by atoms with Gasteiger partial charge in [0.1, 0.15) is 36.4 Å². The highest BCUT2D eigenvalue weighted by atomic mass is 31.2. The van der Waals surface area contributed by atoms with Gasteiger partial charge in [0.2, 0.25) is 5.95 Å². The lowest BCUT2D eigenvalue weighted by molar-refractivity contribution is -0.0668. The molecule has 0 spiro atoms. The van der Waals surface area contributed by atoms with E-state index in [-0.39, 0.29) is 35.8 Å². The van der Waals surface area contributed by atoms with Crippen LogP contribution in [0.25, 0.3) is 22.3 Å². The van der Waals surface area contributed by atoms with Crippen molar-refractivity contribution in [1.82, 2.24) is 39.0 Å². The molecule has 21 nitrogen and oxygen atoms in total. The summed E-state index contributed by atoms with van der Waals surface area (Å²) >= 11 is 0. The zero-order valence-corrected chi connectivity index (χ0v) is 23.6. The Morgan fingerprint density at radius 2 is 1.58 bits per heavy atom. The number of nitrogens with one attached hydrogen (secondary N) is 1. The minimum Gasteiger partial charge on any atom is -0.382 e. The van der Waals surface area contributed by atoms with Crippen molar-refractivity contribution in [2.45, 2.75) is 49.7 Å². The molecule has 3 fully saturated rings. The summed E-state index contributed by atoms with van der Waals surface area (Å²) in [4.78, 5) is 56.2. The molecule has 3 aliphatic rings. The number of nitrogens with zero attached hydrogens (tertiary/aromatic N) is 7. The van der Waals surface area contributed by atoms with Crippen LogP contribution in [0.1, 0.15) is 25.3 Å². The second kappa shape index (κ2) is 10.4. The van der Waals surface area contributed by atoms with Gasteiger partial charge in [0, 0.05) is 12.8 Å². The molecule has 2 unspecified atom stereocenters. The third kappa shape index (κ3) is 5.33. The maximum Gasteiger partial charge on any atom is 0.472 e. The predicted octanol–water partition coefficient (Wildman–Crippen LogP) is -0.283. The minimum absolute atomic E-state index is 0.0124. The van der Waals surface area contributed by atoms with E-state index in [4.69, 9.17) is 39.0 Å². The number of phosphoric ester groups is 2. The number of nitrogen functional groups attached to an aromatic ring is 2. The molecular formula is C20H24N10O11P2. The molecule has 7 rings (SSSR count). The summed E-state index contributed by atoms with van der Waals surface area (Å²) < 4.78 is 62.3. The van der Waals surface area contributed by atoms with Crippen molar-refractivity contribution >= 4 is 49.7 Å². The highest BCUT2D eigenvalue weighted by molar-refractivity contribution is 7.47. The first-order chi connectivity index (χ1) is 20.5. The monoisotopic (exact) mass is 642 g/mol. The van der Waals surface area contributed by atoms with Crippen LogP contribution >= 0.6 is 15.6 Å². The molecule has 8 atom stereocenters. The third-order valence-electron chi connectivity index (χ3n) is 7.11. The number of imidazole rings is 2. The number of H-pyrrole nitrogens is 1. The van der Waals surface area contributed by atoms with Crippen LogP contribution in [0.15, 0.2) is 23.8 Å². The Hall–Kier alpha value is -3.36. The van der Waals surface area contributed by atoms with Crippen molar-refractivity contribution in [2.75, 3.05) is 24.7 Å². The van der Waals surface area contributed by atoms with Crippen LogP contribution in [0.3, 0.4) is 0 Å². The second-order valence-corrected chi connectivity index (χ2v) is 12.7. The Labute approximate surface area is 239 Å². The normalized spacial score (nSPS) is 35.4. The topological polar surface area (TPSA) is 289 Å². The number of aromatic amines is 1. The van der Waals surface area contributed by atoms with Crippen LogP contribution in [0, 0.1) is 0 Å². The minimum atomic E-state index is -4.82. The van der Waals surface area contributed by atoms with E-state index >= 15 is 0 Å². The maximum absolute atomic E-state index is 13.1. The van der Waals surface area contributed by atoms with Gasteiger partial charge in [0.15, 0.2) is 28.9 Å². The molecule has 7 heterocycles. The Morgan fingerprint density at radius 1 is 0.860 bits per heavy atom. The average molecular weight is 642 g/mol. The summed E-state index contributed by atoms with van der Waals surface area (Å²) in [6, 6.07) is 0. The molecule has 3 saturated heterocycles. The molecule has 0 radical (unpaired) electrons. The standard InChI is InChI=1S/C20H24N10O11P2/c21-15-13-16(24-5-23-15)29(6-25-13)12-2-9-11(39-12)4-37-43(34,35)41-10-1-8(3-36-42(32,33)40-9)38-19(10)30-7-26-14-17(30)27-20(22)28-18(14)31/h5-12,19H,1-4H2,(H,32,33)(H,34,35)(H2,21,23,24)(H3,22,27,28,31)/t8-,9-,10+,11+,12+,19+/m0/s1. The zero-order chi connectivity index (χ0) is 30.1. The molecule has 2 bridgehead atoms. The number of hydrogen-bond donors (Lipinski definition) is 5. The molecule has 4 aromatic heterocycles. The number of fused-ring (bicyclic) bond motifs is 5. The molecule has 4 aromatic rings. The van der Waals surface area contributed by atoms with Crippen molar-refractivity contribution in [3.63, 3.8) is 0 Å². The van der Waals surface area contributed by atoms with Gasteiger partial charge >= 0.3 is 15.6 Å². The van der Waals surface area contributed by atoms with E-state index in [1.807, 2.05) is 0 Å². The highest BCUT2D eigenvalue weighted by Crippen LogP contribution is 2.53. The number of phosphoric acid groups is 2. The highest BCUT2D eigenvalue weighted by Gasteiger charge is 2.47. The van der Waals surface area contributed by atoms with Crippen LogP contribution in [-0.2, 0) is 36.7 Å². The lowest BCUT2D eigenvalue weighted by atomic mass is 10.2. The molecule has 0 aliphatic carbocycles. The van der Waals surface area contributed by atoms with Crippen molar-refractivity contribution < 1.29 is 46.5 Å². The number of rotatable bonds is 2. The molecule has 43 heavy (non-hydrogen) atoms. The summed E-state index contributed by atoms with van der Waals surface area (Å²) in [5.74, 6) is -0.0595. The largest absolute Gasteiger partial charge is 0.472 e. The van der Waals surface area contributed by atoms with Crippen LogP contribution in [0.5, 0.6) is 0 Å². The number of aromatic nitrogens is 8. The van der Waals surface area contributed by atoms with Crippen LogP contribution in [0.2, 0.25) is 0 Å². The Bertz CT molecular complexity index is 1860. The number of nitrogens with two attached hydrogens (primary N) is 2. The van der Waals surface area contributed by atoms with Crippen LogP contribution in [-0.4, -0.2) is 86.5 Å². The van der Waals surface area contributed by atoms with Crippen molar-refractivity contribution in [3.8, 4) is 0 Å². The fraction of sp³-hybridized carbons (Fsp3) is 0.500.